The summed E-state index contributed by atoms with van der Waals surface area (Å²) in [4.78, 5) is 0. The quantitative estimate of drug-likeness (QED) is 0.656. The van der Waals surface area contributed by atoms with Crippen molar-refractivity contribution < 1.29 is 18.9 Å². The number of ether oxygens (including phenoxy) is 4. The molecule has 0 N–H and O–H groups in total. The Labute approximate surface area is 98.0 Å². The fourth-order valence-electron chi connectivity index (χ4n) is 3.12. The van der Waals surface area contributed by atoms with E-state index in [1.54, 1.807) is 14.2 Å². The van der Waals surface area contributed by atoms with Gasteiger partial charge in [-0.05, 0) is 20.8 Å². The van der Waals surface area contributed by atoms with E-state index in [-0.39, 0.29) is 18.3 Å². The summed E-state index contributed by atoms with van der Waals surface area (Å²) in [7, 11) is 9.21. The molecule has 0 spiro atoms. The SMILES string of the molecule is [B][C@@H]1O[C@]2(C(C)OC)C(OC)C1OC2(C)C. The van der Waals surface area contributed by atoms with Gasteiger partial charge in [0.2, 0.25) is 0 Å². The van der Waals surface area contributed by atoms with E-state index in [9.17, 15) is 0 Å². The van der Waals surface area contributed by atoms with Crippen molar-refractivity contribution in [2.45, 2.75) is 56.3 Å². The summed E-state index contributed by atoms with van der Waals surface area (Å²) in [6.07, 6.45) is -0.559. The maximum absolute atomic E-state index is 5.93. The van der Waals surface area contributed by atoms with Crippen LogP contribution in [0.1, 0.15) is 20.8 Å². The summed E-state index contributed by atoms with van der Waals surface area (Å²) < 4.78 is 22.8. The van der Waals surface area contributed by atoms with E-state index in [0.29, 0.717) is 0 Å². The lowest BCUT2D eigenvalue weighted by Crippen LogP contribution is -2.62. The summed E-state index contributed by atoms with van der Waals surface area (Å²) in [5.74, 6) is 0. The Bertz CT molecular complexity index is 283. The fraction of sp³-hybridized carbons (Fsp3) is 1.00. The molecular weight excluding hydrogens is 207 g/mol. The van der Waals surface area contributed by atoms with Crippen molar-refractivity contribution >= 4 is 7.85 Å². The second-order valence-electron chi connectivity index (χ2n) is 5.00. The largest absolute Gasteiger partial charge is 0.379 e. The van der Waals surface area contributed by atoms with Crippen molar-refractivity contribution in [2.75, 3.05) is 14.2 Å². The van der Waals surface area contributed by atoms with Gasteiger partial charge < -0.3 is 18.9 Å². The van der Waals surface area contributed by atoms with Crippen LogP contribution in [0.3, 0.4) is 0 Å². The second-order valence-corrected chi connectivity index (χ2v) is 5.00. The molecule has 0 aromatic carbocycles. The van der Waals surface area contributed by atoms with E-state index >= 15 is 0 Å². The maximum atomic E-state index is 5.93. The van der Waals surface area contributed by atoms with Gasteiger partial charge in [-0.1, -0.05) is 0 Å². The smallest absolute Gasteiger partial charge is 0.150 e. The van der Waals surface area contributed by atoms with Gasteiger partial charge in [0, 0.05) is 20.2 Å². The lowest BCUT2D eigenvalue weighted by Gasteiger charge is -2.46. The molecule has 0 amide bonds. The van der Waals surface area contributed by atoms with Gasteiger partial charge in [-0.3, -0.25) is 0 Å². The molecule has 2 aliphatic rings. The summed E-state index contributed by atoms with van der Waals surface area (Å²) in [5.41, 5.74) is -1.11. The Morgan fingerprint density at radius 2 is 1.88 bits per heavy atom. The molecule has 2 aliphatic heterocycles. The van der Waals surface area contributed by atoms with Crippen LogP contribution < -0.4 is 0 Å². The molecule has 5 atom stereocenters. The zero-order chi connectivity index (χ0) is 12.1. The third-order valence-corrected chi connectivity index (χ3v) is 3.96. The molecule has 2 rings (SSSR count). The fourth-order valence-corrected chi connectivity index (χ4v) is 3.12. The molecule has 0 saturated carbocycles. The zero-order valence-electron chi connectivity index (χ0n) is 10.5. The van der Waals surface area contributed by atoms with E-state index in [1.807, 2.05) is 20.8 Å². The molecule has 4 nitrogen and oxygen atoms in total. The summed E-state index contributed by atoms with van der Waals surface area (Å²) in [5, 5.41) is 0. The molecule has 0 aromatic heterocycles. The van der Waals surface area contributed by atoms with Crippen LogP contribution in [0.5, 0.6) is 0 Å². The summed E-state index contributed by atoms with van der Waals surface area (Å²) in [6, 6.07) is -0.449. The average Bonchev–Trinajstić information content (AvgIpc) is 2.62. The standard InChI is InChI=1S/C11H19BO4/c1-6(13-4)11-8(14-5)7(9(12)16-11)15-10(11,2)3/h6-9H,1-5H3/t6?,7?,8?,9-,11-/m1/s1. The summed E-state index contributed by atoms with van der Waals surface area (Å²) in [6.45, 7) is 5.93. The predicted molar refractivity (Wildman–Crippen MR) is 59.6 cm³/mol. The van der Waals surface area contributed by atoms with Crippen molar-refractivity contribution in [3.63, 3.8) is 0 Å². The van der Waals surface area contributed by atoms with Gasteiger partial charge >= 0.3 is 0 Å². The normalized spacial score (nSPS) is 47.2. The first-order valence-corrected chi connectivity index (χ1v) is 5.57. The lowest BCUT2D eigenvalue weighted by atomic mass is 9.79. The summed E-state index contributed by atoms with van der Waals surface area (Å²) >= 11 is 0. The average molecular weight is 226 g/mol. The van der Waals surface area contributed by atoms with Crippen LogP contribution in [0.4, 0.5) is 0 Å². The first-order chi connectivity index (χ1) is 7.40. The highest BCUT2D eigenvalue weighted by Gasteiger charge is 2.71. The van der Waals surface area contributed by atoms with Crippen molar-refractivity contribution in [1.29, 1.82) is 0 Å². The Morgan fingerprint density at radius 1 is 1.25 bits per heavy atom. The Hall–Kier alpha value is -0.0951. The number of fused-ring (bicyclic) bond motifs is 2. The Morgan fingerprint density at radius 3 is 2.38 bits per heavy atom. The van der Waals surface area contributed by atoms with Crippen LogP contribution in [-0.2, 0) is 18.9 Å². The highest BCUT2D eigenvalue weighted by atomic mass is 16.7. The minimum absolute atomic E-state index is 0.147. The van der Waals surface area contributed by atoms with E-state index in [1.165, 1.54) is 0 Å². The third kappa shape index (κ3) is 1.26. The molecule has 0 aromatic rings. The van der Waals surface area contributed by atoms with Crippen molar-refractivity contribution in [2.24, 2.45) is 0 Å². The second kappa shape index (κ2) is 3.70. The molecule has 90 valence electrons. The monoisotopic (exact) mass is 226 g/mol. The number of hydrogen-bond acceptors (Lipinski definition) is 4. The molecular formula is C11H19BO4. The highest BCUT2D eigenvalue weighted by Crippen LogP contribution is 2.53. The lowest BCUT2D eigenvalue weighted by molar-refractivity contribution is -0.244. The van der Waals surface area contributed by atoms with Crippen LogP contribution >= 0.6 is 0 Å². The van der Waals surface area contributed by atoms with Gasteiger partial charge in [0.1, 0.15) is 20.1 Å². The maximum Gasteiger partial charge on any atom is 0.150 e. The van der Waals surface area contributed by atoms with Crippen molar-refractivity contribution in [1.82, 2.24) is 0 Å². The molecule has 16 heavy (non-hydrogen) atoms. The van der Waals surface area contributed by atoms with Gasteiger partial charge in [0.05, 0.1) is 11.7 Å². The van der Waals surface area contributed by atoms with Crippen LogP contribution in [-0.4, -0.2) is 57.6 Å². The van der Waals surface area contributed by atoms with Gasteiger partial charge in [0.25, 0.3) is 0 Å². The van der Waals surface area contributed by atoms with Gasteiger partial charge in [-0.25, -0.2) is 0 Å². The number of rotatable bonds is 3. The molecule has 2 saturated heterocycles. The minimum atomic E-state index is -0.638. The molecule has 2 bridgehead atoms. The highest BCUT2D eigenvalue weighted by molar-refractivity contribution is 6.11. The van der Waals surface area contributed by atoms with Crippen LogP contribution in [0, 0.1) is 0 Å². The molecule has 0 aliphatic carbocycles. The molecule has 2 fully saturated rings. The first-order valence-electron chi connectivity index (χ1n) is 5.57. The number of methoxy groups -OCH3 is 2. The molecule has 2 heterocycles. The third-order valence-electron chi connectivity index (χ3n) is 3.96. The van der Waals surface area contributed by atoms with Crippen molar-refractivity contribution in [3.05, 3.63) is 0 Å². The van der Waals surface area contributed by atoms with Crippen LogP contribution in [0.15, 0.2) is 0 Å². The Balaban J connectivity index is 2.43. The first kappa shape index (κ1) is 12.4. The van der Waals surface area contributed by atoms with Crippen LogP contribution in [0.25, 0.3) is 0 Å². The van der Waals surface area contributed by atoms with E-state index in [2.05, 4.69) is 0 Å². The van der Waals surface area contributed by atoms with E-state index in [0.717, 1.165) is 0 Å². The van der Waals surface area contributed by atoms with Gasteiger partial charge in [0.15, 0.2) is 5.60 Å². The predicted octanol–water partition coefficient (Wildman–Crippen LogP) is 0.477. The van der Waals surface area contributed by atoms with E-state index < -0.39 is 17.2 Å². The van der Waals surface area contributed by atoms with E-state index in [4.69, 9.17) is 26.8 Å². The molecule has 2 radical (unpaired) electrons. The molecule has 5 heteroatoms. The number of hydrogen-bond donors (Lipinski definition) is 0. The minimum Gasteiger partial charge on any atom is -0.379 e. The van der Waals surface area contributed by atoms with Crippen LogP contribution in [0.2, 0.25) is 0 Å². The Kier molecular flexibility index (Phi) is 2.86. The van der Waals surface area contributed by atoms with Gasteiger partial charge in [-0.15, -0.1) is 0 Å². The topological polar surface area (TPSA) is 36.9 Å². The molecule has 3 unspecified atom stereocenters. The van der Waals surface area contributed by atoms with Gasteiger partial charge in [-0.2, -0.15) is 0 Å². The zero-order valence-corrected chi connectivity index (χ0v) is 10.5. The van der Waals surface area contributed by atoms with Crippen molar-refractivity contribution in [3.8, 4) is 0 Å².